The van der Waals surface area contributed by atoms with Gasteiger partial charge < -0.3 is 9.88 Å². The van der Waals surface area contributed by atoms with Crippen molar-refractivity contribution in [2.45, 2.75) is 45.2 Å². The van der Waals surface area contributed by atoms with E-state index in [4.69, 9.17) is 12.2 Å². The molecule has 2 aromatic rings. The number of carbonyl (C=O) groups excluding carboxylic acids is 1. The molecular formula is C16H20N4OS. The molecule has 116 valence electrons. The molecule has 0 radical (unpaired) electrons. The van der Waals surface area contributed by atoms with Crippen LogP contribution in [0.2, 0.25) is 0 Å². The van der Waals surface area contributed by atoms with Gasteiger partial charge >= 0.3 is 0 Å². The molecule has 1 aliphatic carbocycles. The minimum Gasteiger partial charge on any atom is -0.348 e. The van der Waals surface area contributed by atoms with Crippen molar-refractivity contribution in [3.8, 4) is 0 Å². The Morgan fingerprint density at radius 1 is 1.50 bits per heavy atom. The van der Waals surface area contributed by atoms with Gasteiger partial charge in [0.1, 0.15) is 0 Å². The molecule has 0 saturated carbocycles. The van der Waals surface area contributed by atoms with Crippen LogP contribution in [-0.4, -0.2) is 20.7 Å². The fourth-order valence-electron chi connectivity index (χ4n) is 3.13. The zero-order chi connectivity index (χ0) is 15.5. The largest absolute Gasteiger partial charge is 0.348 e. The number of H-pyrrole nitrogens is 1. The second kappa shape index (κ2) is 6.44. The lowest BCUT2D eigenvalue weighted by Crippen LogP contribution is -2.31. The van der Waals surface area contributed by atoms with Gasteiger partial charge in [0, 0.05) is 6.54 Å². The van der Waals surface area contributed by atoms with Crippen molar-refractivity contribution in [3.63, 3.8) is 0 Å². The van der Waals surface area contributed by atoms with Crippen LogP contribution >= 0.6 is 12.2 Å². The number of nitrogens with one attached hydrogen (secondary N) is 2. The van der Waals surface area contributed by atoms with E-state index in [9.17, 15) is 4.79 Å². The van der Waals surface area contributed by atoms with Gasteiger partial charge in [0.15, 0.2) is 10.6 Å². The van der Waals surface area contributed by atoms with Crippen molar-refractivity contribution >= 4 is 18.1 Å². The van der Waals surface area contributed by atoms with Gasteiger partial charge in [0.2, 0.25) is 5.91 Å². The maximum Gasteiger partial charge on any atom is 0.227 e. The Kier molecular flexibility index (Phi) is 4.38. The summed E-state index contributed by atoms with van der Waals surface area (Å²) in [5, 5.41) is 9.96. The standard InChI is InChI=1S/C16H20N4OS/c1-2-20-14(18-19-16(20)22)10-17-15(21)13-9-5-7-11-6-3-4-8-12(11)13/h3-4,6,8,13H,2,5,7,9-10H2,1H3,(H,17,21)(H,19,22)/t13-/m0/s1. The number of amides is 1. The van der Waals surface area contributed by atoms with E-state index in [2.05, 4.69) is 27.6 Å². The maximum absolute atomic E-state index is 12.6. The van der Waals surface area contributed by atoms with Crippen LogP contribution in [0.25, 0.3) is 0 Å². The number of hydrogen-bond donors (Lipinski definition) is 2. The van der Waals surface area contributed by atoms with Gasteiger partial charge in [-0.05, 0) is 49.5 Å². The third kappa shape index (κ3) is 2.83. The molecule has 0 aliphatic heterocycles. The summed E-state index contributed by atoms with van der Waals surface area (Å²) < 4.78 is 2.49. The molecule has 2 N–H and O–H groups in total. The Morgan fingerprint density at radius 2 is 2.32 bits per heavy atom. The molecule has 0 saturated heterocycles. The highest BCUT2D eigenvalue weighted by molar-refractivity contribution is 7.71. The Morgan fingerprint density at radius 3 is 3.14 bits per heavy atom. The van der Waals surface area contributed by atoms with Crippen LogP contribution in [-0.2, 0) is 24.3 Å². The molecule has 1 aliphatic rings. The number of rotatable bonds is 4. The predicted molar refractivity (Wildman–Crippen MR) is 87.1 cm³/mol. The first kappa shape index (κ1) is 15.0. The lowest BCUT2D eigenvalue weighted by atomic mass is 9.82. The molecule has 5 nitrogen and oxygen atoms in total. The lowest BCUT2D eigenvalue weighted by molar-refractivity contribution is -0.123. The molecule has 0 unspecified atom stereocenters. The zero-order valence-corrected chi connectivity index (χ0v) is 13.4. The Labute approximate surface area is 134 Å². The van der Waals surface area contributed by atoms with Crippen molar-refractivity contribution in [2.75, 3.05) is 0 Å². The molecule has 22 heavy (non-hydrogen) atoms. The van der Waals surface area contributed by atoms with Gasteiger partial charge in [0.25, 0.3) is 0 Å². The van der Waals surface area contributed by atoms with E-state index >= 15 is 0 Å². The quantitative estimate of drug-likeness (QED) is 0.853. The number of carbonyl (C=O) groups is 1. The molecule has 1 aromatic heterocycles. The predicted octanol–water partition coefficient (Wildman–Crippen LogP) is 2.70. The second-order valence-electron chi connectivity index (χ2n) is 5.55. The summed E-state index contributed by atoms with van der Waals surface area (Å²) in [5.41, 5.74) is 2.46. The van der Waals surface area contributed by atoms with Crippen molar-refractivity contribution in [2.24, 2.45) is 0 Å². The number of aromatic amines is 1. The Bertz CT molecular complexity index is 734. The molecule has 0 fully saturated rings. The first-order chi connectivity index (χ1) is 10.7. The van der Waals surface area contributed by atoms with Crippen molar-refractivity contribution in [1.29, 1.82) is 0 Å². The van der Waals surface area contributed by atoms with E-state index in [-0.39, 0.29) is 11.8 Å². The smallest absolute Gasteiger partial charge is 0.227 e. The van der Waals surface area contributed by atoms with E-state index < -0.39 is 0 Å². The highest BCUT2D eigenvalue weighted by Crippen LogP contribution is 2.31. The number of aryl methyl sites for hydroxylation is 1. The van der Waals surface area contributed by atoms with Gasteiger partial charge in [-0.3, -0.25) is 9.89 Å². The minimum absolute atomic E-state index is 0.0538. The molecule has 1 atom stereocenters. The second-order valence-corrected chi connectivity index (χ2v) is 5.94. The average Bonchev–Trinajstić information content (AvgIpc) is 2.92. The minimum atomic E-state index is -0.0538. The fourth-order valence-corrected chi connectivity index (χ4v) is 3.41. The van der Waals surface area contributed by atoms with E-state index in [0.29, 0.717) is 11.3 Å². The van der Waals surface area contributed by atoms with Crippen LogP contribution in [0.3, 0.4) is 0 Å². The van der Waals surface area contributed by atoms with E-state index in [1.165, 1.54) is 11.1 Å². The summed E-state index contributed by atoms with van der Waals surface area (Å²) in [7, 11) is 0. The van der Waals surface area contributed by atoms with E-state index in [1.54, 1.807) is 0 Å². The number of benzene rings is 1. The summed E-state index contributed by atoms with van der Waals surface area (Å²) in [5.74, 6) is 0.788. The van der Waals surface area contributed by atoms with Gasteiger partial charge in [-0.1, -0.05) is 24.3 Å². The van der Waals surface area contributed by atoms with Crippen molar-refractivity contribution < 1.29 is 4.79 Å². The third-order valence-corrected chi connectivity index (χ3v) is 4.57. The summed E-state index contributed by atoms with van der Waals surface area (Å²) in [6, 6.07) is 8.24. The highest BCUT2D eigenvalue weighted by atomic mass is 32.1. The monoisotopic (exact) mass is 316 g/mol. The Balaban J connectivity index is 1.72. The van der Waals surface area contributed by atoms with Crippen LogP contribution in [0.4, 0.5) is 0 Å². The molecule has 3 rings (SSSR count). The average molecular weight is 316 g/mol. The van der Waals surface area contributed by atoms with Crippen LogP contribution < -0.4 is 5.32 Å². The number of nitrogens with zero attached hydrogens (tertiary/aromatic N) is 2. The number of fused-ring (bicyclic) bond motifs is 1. The van der Waals surface area contributed by atoms with Crippen LogP contribution in [0.15, 0.2) is 24.3 Å². The van der Waals surface area contributed by atoms with Crippen LogP contribution in [0.5, 0.6) is 0 Å². The van der Waals surface area contributed by atoms with Crippen molar-refractivity contribution in [3.05, 3.63) is 46.0 Å². The lowest BCUT2D eigenvalue weighted by Gasteiger charge is -2.24. The molecule has 1 heterocycles. The fraction of sp³-hybridized carbons (Fsp3) is 0.438. The molecule has 1 aromatic carbocycles. The molecular weight excluding hydrogens is 296 g/mol. The molecule has 0 spiro atoms. The van der Waals surface area contributed by atoms with Crippen molar-refractivity contribution in [1.82, 2.24) is 20.1 Å². The van der Waals surface area contributed by atoms with E-state index in [1.807, 2.05) is 23.6 Å². The van der Waals surface area contributed by atoms with Gasteiger partial charge in [-0.15, -0.1) is 0 Å². The number of hydrogen-bond acceptors (Lipinski definition) is 3. The third-order valence-electron chi connectivity index (χ3n) is 4.26. The molecule has 6 heteroatoms. The van der Waals surface area contributed by atoms with Crippen LogP contribution in [0.1, 0.15) is 42.6 Å². The summed E-state index contributed by atoms with van der Waals surface area (Å²) in [6.07, 6.45) is 3.03. The molecule has 0 bridgehead atoms. The summed E-state index contributed by atoms with van der Waals surface area (Å²) in [6.45, 7) is 3.15. The topological polar surface area (TPSA) is 62.7 Å². The maximum atomic E-state index is 12.6. The zero-order valence-electron chi connectivity index (χ0n) is 12.6. The number of aromatic nitrogens is 3. The summed E-state index contributed by atoms with van der Waals surface area (Å²) in [4.78, 5) is 12.6. The first-order valence-corrected chi connectivity index (χ1v) is 8.11. The molecule has 1 amide bonds. The SMILES string of the molecule is CCn1c(CNC(=O)[C@H]2CCCc3ccccc32)n[nH]c1=S. The summed E-state index contributed by atoms with van der Waals surface area (Å²) >= 11 is 5.16. The van der Waals surface area contributed by atoms with Gasteiger partial charge in [-0.25, -0.2) is 0 Å². The normalized spacial score (nSPS) is 17.0. The highest BCUT2D eigenvalue weighted by Gasteiger charge is 2.26. The van der Waals surface area contributed by atoms with E-state index in [0.717, 1.165) is 31.6 Å². The van der Waals surface area contributed by atoms with Gasteiger partial charge in [0.05, 0.1) is 12.5 Å². The first-order valence-electron chi connectivity index (χ1n) is 7.70. The van der Waals surface area contributed by atoms with Crippen LogP contribution in [0, 0.1) is 4.77 Å². The Hall–Kier alpha value is -1.95. The van der Waals surface area contributed by atoms with Gasteiger partial charge in [-0.2, -0.15) is 5.10 Å².